The molecule has 0 aliphatic rings. The lowest BCUT2D eigenvalue weighted by atomic mass is 9.91. The highest BCUT2D eigenvalue weighted by atomic mass is 14.7. The van der Waals surface area contributed by atoms with Crippen LogP contribution in [0.25, 0.3) is 67.3 Å². The maximum atomic E-state index is 10.5. The SMILES string of the molecule is N#Cc1ccc(-c2cc(-c3ccccc3-c3cc(-c4ccc(C#N)cc4)c(C#N)c(-c4ccccc4)n3)nc(-c3ccccc3)c2C#N)cc1. The Balaban J connectivity index is 1.51. The maximum absolute atomic E-state index is 10.5. The van der Waals surface area contributed by atoms with Crippen molar-refractivity contribution in [1.82, 2.24) is 9.97 Å². The predicted molar refractivity (Wildman–Crippen MR) is 194 cm³/mol. The summed E-state index contributed by atoms with van der Waals surface area (Å²) in [6.45, 7) is 0. The average molecular weight is 637 g/mol. The zero-order valence-corrected chi connectivity index (χ0v) is 26.5. The van der Waals surface area contributed by atoms with E-state index in [0.29, 0.717) is 56.2 Å². The molecule has 0 bridgehead atoms. The fourth-order valence-corrected chi connectivity index (χ4v) is 6.04. The Morgan fingerprint density at radius 2 is 0.700 bits per heavy atom. The van der Waals surface area contributed by atoms with Crippen LogP contribution in [0, 0.1) is 45.3 Å². The van der Waals surface area contributed by atoms with Crippen LogP contribution in [0.1, 0.15) is 22.3 Å². The summed E-state index contributed by atoms with van der Waals surface area (Å²) >= 11 is 0. The monoisotopic (exact) mass is 636 g/mol. The summed E-state index contributed by atoms with van der Waals surface area (Å²) in [6.07, 6.45) is 0. The molecule has 5 aromatic carbocycles. The molecule has 2 heterocycles. The summed E-state index contributed by atoms with van der Waals surface area (Å²) < 4.78 is 0. The lowest BCUT2D eigenvalue weighted by Crippen LogP contribution is -2.00. The van der Waals surface area contributed by atoms with Crippen molar-refractivity contribution in [2.24, 2.45) is 0 Å². The molecule has 50 heavy (non-hydrogen) atoms. The number of rotatable bonds is 6. The van der Waals surface area contributed by atoms with Gasteiger partial charge in [-0.1, -0.05) is 109 Å². The normalized spacial score (nSPS) is 10.3. The van der Waals surface area contributed by atoms with Gasteiger partial charge in [0, 0.05) is 33.4 Å². The van der Waals surface area contributed by atoms with Crippen LogP contribution in [0.5, 0.6) is 0 Å². The third-order valence-electron chi connectivity index (χ3n) is 8.49. The van der Waals surface area contributed by atoms with Crippen molar-refractivity contribution >= 4 is 0 Å². The Morgan fingerprint density at radius 3 is 1.04 bits per heavy atom. The third-order valence-corrected chi connectivity index (χ3v) is 8.49. The number of pyridine rings is 2. The average Bonchev–Trinajstić information content (AvgIpc) is 3.20. The van der Waals surface area contributed by atoms with E-state index in [1.54, 1.807) is 24.3 Å². The van der Waals surface area contributed by atoms with E-state index in [1.165, 1.54) is 0 Å². The molecule has 0 aliphatic heterocycles. The molecule has 2 aromatic heterocycles. The molecule has 0 saturated heterocycles. The number of nitrogens with zero attached hydrogens (tertiary/aromatic N) is 6. The van der Waals surface area contributed by atoms with E-state index in [4.69, 9.17) is 9.97 Å². The van der Waals surface area contributed by atoms with Gasteiger partial charge in [-0.3, -0.25) is 0 Å². The first-order chi connectivity index (χ1) is 24.6. The topological polar surface area (TPSA) is 121 Å². The molecule has 6 nitrogen and oxygen atoms in total. The predicted octanol–water partition coefficient (Wildman–Crippen LogP) is 9.97. The van der Waals surface area contributed by atoms with Crippen LogP contribution in [0.2, 0.25) is 0 Å². The molecule has 0 atom stereocenters. The standard InChI is InChI=1S/C44H24N6/c45-25-29-15-19-31(20-16-29)37-23-41(49-43(39(37)27-47)33-9-3-1-4-10-33)35-13-7-8-14-36(35)42-24-38(32-21-17-30(26-46)18-22-32)40(28-48)44(50-42)34-11-5-2-6-12-34/h1-24H. The molecule has 7 aromatic rings. The molecular formula is C44H24N6. The number of nitriles is 4. The summed E-state index contributed by atoms with van der Waals surface area (Å²) in [5, 5.41) is 39.8. The second kappa shape index (κ2) is 13.6. The Hall–Kier alpha value is -7.64. The molecule has 7 rings (SSSR count). The van der Waals surface area contributed by atoms with Gasteiger partial charge in [0.25, 0.3) is 0 Å². The minimum absolute atomic E-state index is 0.424. The summed E-state index contributed by atoms with van der Waals surface area (Å²) in [5.74, 6) is 0. The molecule has 6 heteroatoms. The van der Waals surface area contributed by atoms with Crippen molar-refractivity contribution in [3.63, 3.8) is 0 Å². The van der Waals surface area contributed by atoms with E-state index < -0.39 is 0 Å². The lowest BCUT2D eigenvalue weighted by molar-refractivity contribution is 1.28. The molecule has 0 N–H and O–H groups in total. The van der Waals surface area contributed by atoms with Crippen molar-refractivity contribution in [2.75, 3.05) is 0 Å². The maximum Gasteiger partial charge on any atom is 0.102 e. The second-order valence-electron chi connectivity index (χ2n) is 11.4. The molecule has 0 spiro atoms. The van der Waals surface area contributed by atoms with Crippen molar-refractivity contribution in [3.05, 3.63) is 168 Å². The number of aromatic nitrogens is 2. The van der Waals surface area contributed by atoms with Gasteiger partial charge in [-0.2, -0.15) is 21.0 Å². The molecule has 0 fully saturated rings. The van der Waals surface area contributed by atoms with Crippen LogP contribution in [0.15, 0.2) is 146 Å². The van der Waals surface area contributed by atoms with Gasteiger partial charge in [0.05, 0.1) is 57.2 Å². The van der Waals surface area contributed by atoms with Gasteiger partial charge < -0.3 is 0 Å². The van der Waals surface area contributed by atoms with Gasteiger partial charge in [-0.05, 0) is 47.5 Å². The van der Waals surface area contributed by atoms with E-state index in [1.807, 2.05) is 121 Å². The molecule has 230 valence electrons. The van der Waals surface area contributed by atoms with Gasteiger partial charge in [0.1, 0.15) is 12.1 Å². The van der Waals surface area contributed by atoms with E-state index in [0.717, 1.165) is 33.4 Å². The van der Waals surface area contributed by atoms with Crippen LogP contribution in [-0.4, -0.2) is 9.97 Å². The van der Waals surface area contributed by atoms with E-state index in [9.17, 15) is 21.0 Å². The minimum atomic E-state index is 0.424. The minimum Gasteiger partial charge on any atom is -0.246 e. The Morgan fingerprint density at radius 1 is 0.340 bits per heavy atom. The van der Waals surface area contributed by atoms with Crippen LogP contribution in [-0.2, 0) is 0 Å². The van der Waals surface area contributed by atoms with Crippen LogP contribution < -0.4 is 0 Å². The molecule has 0 radical (unpaired) electrons. The first kappa shape index (κ1) is 31.0. The highest BCUT2D eigenvalue weighted by molar-refractivity contribution is 5.90. The smallest absolute Gasteiger partial charge is 0.102 e. The fourth-order valence-electron chi connectivity index (χ4n) is 6.04. The van der Waals surface area contributed by atoms with Crippen molar-refractivity contribution in [2.45, 2.75) is 0 Å². The van der Waals surface area contributed by atoms with Crippen LogP contribution in [0.4, 0.5) is 0 Å². The largest absolute Gasteiger partial charge is 0.246 e. The second-order valence-corrected chi connectivity index (χ2v) is 11.4. The molecular weight excluding hydrogens is 613 g/mol. The summed E-state index contributed by atoms with van der Waals surface area (Å²) in [5.41, 5.74) is 10.3. The number of hydrogen-bond acceptors (Lipinski definition) is 6. The zero-order valence-electron chi connectivity index (χ0n) is 26.5. The Labute approximate surface area is 289 Å². The highest BCUT2D eigenvalue weighted by Gasteiger charge is 2.21. The molecule has 0 aliphatic carbocycles. The summed E-state index contributed by atoms with van der Waals surface area (Å²) in [6, 6.07) is 54.3. The van der Waals surface area contributed by atoms with E-state index in [-0.39, 0.29) is 0 Å². The van der Waals surface area contributed by atoms with Gasteiger partial charge >= 0.3 is 0 Å². The molecule has 0 unspecified atom stereocenters. The van der Waals surface area contributed by atoms with Gasteiger partial charge in [0.2, 0.25) is 0 Å². The number of hydrogen-bond donors (Lipinski definition) is 0. The van der Waals surface area contributed by atoms with E-state index in [2.05, 4.69) is 24.3 Å². The van der Waals surface area contributed by atoms with Gasteiger partial charge in [0.15, 0.2) is 0 Å². The first-order valence-electron chi connectivity index (χ1n) is 15.7. The Kier molecular flexibility index (Phi) is 8.43. The van der Waals surface area contributed by atoms with Crippen molar-refractivity contribution in [3.8, 4) is 91.6 Å². The molecule has 0 saturated carbocycles. The van der Waals surface area contributed by atoms with Gasteiger partial charge in [-0.15, -0.1) is 0 Å². The first-order valence-corrected chi connectivity index (χ1v) is 15.7. The van der Waals surface area contributed by atoms with Crippen LogP contribution in [0.3, 0.4) is 0 Å². The summed E-state index contributed by atoms with van der Waals surface area (Å²) in [4.78, 5) is 10.2. The lowest BCUT2D eigenvalue weighted by Gasteiger charge is -2.17. The molecule has 0 amide bonds. The quantitative estimate of drug-likeness (QED) is 0.179. The van der Waals surface area contributed by atoms with Crippen molar-refractivity contribution < 1.29 is 0 Å². The van der Waals surface area contributed by atoms with Gasteiger partial charge in [-0.25, -0.2) is 9.97 Å². The zero-order chi connectivity index (χ0) is 34.5. The fraction of sp³-hybridized carbons (Fsp3) is 0. The van der Waals surface area contributed by atoms with Crippen molar-refractivity contribution in [1.29, 1.82) is 21.0 Å². The van der Waals surface area contributed by atoms with Crippen LogP contribution >= 0.6 is 0 Å². The summed E-state index contributed by atoms with van der Waals surface area (Å²) in [7, 11) is 0. The third kappa shape index (κ3) is 5.85. The number of benzene rings is 5. The van der Waals surface area contributed by atoms with E-state index >= 15 is 0 Å². The Bertz CT molecular complexity index is 2360. The highest BCUT2D eigenvalue weighted by Crippen LogP contribution is 2.40.